The van der Waals surface area contributed by atoms with Crippen molar-refractivity contribution in [3.63, 3.8) is 0 Å². The molecule has 0 saturated carbocycles. The first-order chi connectivity index (χ1) is 13.3. The first-order valence-corrected chi connectivity index (χ1v) is 10.3. The number of rotatable bonds is 9. The first-order valence-electron chi connectivity index (χ1n) is 8.88. The lowest BCUT2D eigenvalue weighted by atomic mass is 10.2. The zero-order chi connectivity index (χ0) is 20.6. The van der Waals surface area contributed by atoms with Crippen LogP contribution in [-0.2, 0) is 30.9 Å². The van der Waals surface area contributed by atoms with Crippen LogP contribution in [0.15, 0.2) is 59.5 Å². The van der Waals surface area contributed by atoms with Gasteiger partial charge in [-0.2, -0.15) is 4.31 Å². The molecule has 2 aromatic rings. The summed E-state index contributed by atoms with van der Waals surface area (Å²) in [5.74, 6) is -0.773. The molecule has 7 nitrogen and oxygen atoms in total. The molecule has 1 amide bonds. The molecule has 28 heavy (non-hydrogen) atoms. The van der Waals surface area contributed by atoms with Gasteiger partial charge in [-0.05, 0) is 36.8 Å². The van der Waals surface area contributed by atoms with E-state index in [2.05, 4.69) is 5.32 Å². The predicted octanol–water partition coefficient (Wildman–Crippen LogP) is 2.79. The molecule has 0 atom stereocenters. The van der Waals surface area contributed by atoms with Crippen molar-refractivity contribution in [3.05, 3.63) is 60.2 Å². The van der Waals surface area contributed by atoms with E-state index >= 15 is 0 Å². The fourth-order valence-electron chi connectivity index (χ4n) is 2.49. The highest BCUT2D eigenvalue weighted by Gasteiger charge is 2.21. The van der Waals surface area contributed by atoms with Gasteiger partial charge in [0.15, 0.2) is 0 Å². The van der Waals surface area contributed by atoms with Crippen LogP contribution in [0.25, 0.3) is 0 Å². The van der Waals surface area contributed by atoms with Crippen molar-refractivity contribution in [2.24, 2.45) is 0 Å². The molecule has 0 heterocycles. The Morgan fingerprint density at radius 1 is 1.00 bits per heavy atom. The molecular weight excluding hydrogens is 380 g/mol. The fourth-order valence-corrected chi connectivity index (χ4v) is 3.65. The van der Waals surface area contributed by atoms with E-state index < -0.39 is 16.0 Å². The highest BCUT2D eigenvalue weighted by Crippen LogP contribution is 2.19. The Kier molecular flexibility index (Phi) is 7.71. The van der Waals surface area contributed by atoms with Crippen LogP contribution in [0.5, 0.6) is 0 Å². The SMILES string of the molecule is CCOC(=O)CCC(=O)Nc1ccc(S(=O)(=O)N(C)Cc2ccccc2)cc1. The summed E-state index contributed by atoms with van der Waals surface area (Å²) in [5.41, 5.74) is 1.34. The molecule has 0 spiro atoms. The number of nitrogens with one attached hydrogen (secondary N) is 1. The third-order valence-electron chi connectivity index (χ3n) is 3.96. The van der Waals surface area contributed by atoms with Gasteiger partial charge in [0, 0.05) is 25.7 Å². The van der Waals surface area contributed by atoms with Crippen LogP contribution in [0.3, 0.4) is 0 Å². The zero-order valence-electron chi connectivity index (χ0n) is 15.9. The minimum absolute atomic E-state index is 0.00129. The number of benzene rings is 2. The number of hydrogen-bond donors (Lipinski definition) is 1. The van der Waals surface area contributed by atoms with E-state index in [9.17, 15) is 18.0 Å². The molecular formula is C20H24N2O5S. The number of anilines is 1. The van der Waals surface area contributed by atoms with Crippen molar-refractivity contribution < 1.29 is 22.7 Å². The van der Waals surface area contributed by atoms with Crippen LogP contribution in [0.2, 0.25) is 0 Å². The van der Waals surface area contributed by atoms with Gasteiger partial charge in [-0.1, -0.05) is 30.3 Å². The summed E-state index contributed by atoms with van der Waals surface area (Å²) in [6.45, 7) is 2.23. The molecule has 2 aromatic carbocycles. The lowest BCUT2D eigenvalue weighted by molar-refractivity contribution is -0.144. The number of carbonyl (C=O) groups excluding carboxylic acids is 2. The van der Waals surface area contributed by atoms with Gasteiger partial charge < -0.3 is 10.1 Å². The molecule has 0 aliphatic heterocycles. The summed E-state index contributed by atoms with van der Waals surface area (Å²) in [4.78, 5) is 23.3. The predicted molar refractivity (Wildman–Crippen MR) is 106 cm³/mol. The topological polar surface area (TPSA) is 92.8 Å². The van der Waals surface area contributed by atoms with Crippen LogP contribution in [0.1, 0.15) is 25.3 Å². The molecule has 0 aromatic heterocycles. The summed E-state index contributed by atoms with van der Waals surface area (Å²) in [5, 5.41) is 2.63. The number of ether oxygens (including phenoxy) is 1. The van der Waals surface area contributed by atoms with E-state index in [4.69, 9.17) is 4.74 Å². The molecule has 0 fully saturated rings. The van der Waals surface area contributed by atoms with Gasteiger partial charge in [0.1, 0.15) is 0 Å². The normalized spacial score (nSPS) is 11.2. The van der Waals surface area contributed by atoms with Gasteiger partial charge in [-0.3, -0.25) is 9.59 Å². The second-order valence-electron chi connectivity index (χ2n) is 6.12. The average Bonchev–Trinajstić information content (AvgIpc) is 2.68. The highest BCUT2D eigenvalue weighted by molar-refractivity contribution is 7.89. The number of hydrogen-bond acceptors (Lipinski definition) is 5. The Morgan fingerprint density at radius 2 is 1.64 bits per heavy atom. The van der Waals surface area contributed by atoms with E-state index in [0.29, 0.717) is 5.69 Å². The summed E-state index contributed by atoms with van der Waals surface area (Å²) < 4.78 is 31.4. The second-order valence-corrected chi connectivity index (χ2v) is 8.17. The highest BCUT2D eigenvalue weighted by atomic mass is 32.2. The fraction of sp³-hybridized carbons (Fsp3) is 0.300. The average molecular weight is 404 g/mol. The van der Waals surface area contributed by atoms with Gasteiger partial charge in [-0.25, -0.2) is 8.42 Å². The number of sulfonamides is 1. The molecule has 2 rings (SSSR count). The van der Waals surface area contributed by atoms with Crippen molar-refractivity contribution in [2.45, 2.75) is 31.2 Å². The third-order valence-corrected chi connectivity index (χ3v) is 5.77. The van der Waals surface area contributed by atoms with Crippen molar-refractivity contribution in [2.75, 3.05) is 19.0 Å². The molecule has 0 aliphatic rings. The van der Waals surface area contributed by atoms with E-state index in [-0.39, 0.29) is 36.8 Å². The molecule has 150 valence electrons. The van der Waals surface area contributed by atoms with E-state index in [0.717, 1.165) is 5.56 Å². The van der Waals surface area contributed by atoms with Crippen LogP contribution in [-0.4, -0.2) is 38.3 Å². The molecule has 0 aliphatic carbocycles. The van der Waals surface area contributed by atoms with Gasteiger partial charge in [0.25, 0.3) is 0 Å². The summed E-state index contributed by atoms with van der Waals surface area (Å²) in [6.07, 6.45) is -0.00485. The van der Waals surface area contributed by atoms with Crippen LogP contribution < -0.4 is 5.32 Å². The smallest absolute Gasteiger partial charge is 0.306 e. The molecule has 0 saturated heterocycles. The Labute approximate surface area is 165 Å². The van der Waals surface area contributed by atoms with Crippen molar-refractivity contribution >= 4 is 27.6 Å². The largest absolute Gasteiger partial charge is 0.466 e. The molecule has 0 bridgehead atoms. The Balaban J connectivity index is 1.96. The molecule has 0 radical (unpaired) electrons. The monoisotopic (exact) mass is 404 g/mol. The molecule has 8 heteroatoms. The Bertz CT molecular complexity index is 896. The molecule has 0 unspecified atom stereocenters. The minimum atomic E-state index is -3.65. The van der Waals surface area contributed by atoms with Crippen LogP contribution in [0.4, 0.5) is 5.69 Å². The lowest BCUT2D eigenvalue weighted by Crippen LogP contribution is -2.26. The van der Waals surface area contributed by atoms with E-state index in [1.807, 2.05) is 30.3 Å². The van der Waals surface area contributed by atoms with Crippen molar-refractivity contribution in [1.82, 2.24) is 4.31 Å². The first kappa shape index (κ1) is 21.6. The third kappa shape index (κ3) is 6.17. The number of amides is 1. The van der Waals surface area contributed by atoms with Gasteiger partial charge in [0.2, 0.25) is 15.9 Å². The van der Waals surface area contributed by atoms with Crippen LogP contribution in [0, 0.1) is 0 Å². The maximum atomic E-state index is 12.7. The van der Waals surface area contributed by atoms with E-state index in [1.165, 1.54) is 35.6 Å². The number of esters is 1. The van der Waals surface area contributed by atoms with Crippen molar-refractivity contribution in [1.29, 1.82) is 0 Å². The van der Waals surface area contributed by atoms with Gasteiger partial charge in [0.05, 0.1) is 17.9 Å². The number of carbonyl (C=O) groups is 2. The quantitative estimate of drug-likeness (QED) is 0.649. The summed E-state index contributed by atoms with van der Waals surface area (Å²) >= 11 is 0. The number of nitrogens with zero attached hydrogens (tertiary/aromatic N) is 1. The summed E-state index contributed by atoms with van der Waals surface area (Å²) in [7, 11) is -2.13. The van der Waals surface area contributed by atoms with Crippen LogP contribution >= 0.6 is 0 Å². The summed E-state index contributed by atoms with van der Waals surface area (Å²) in [6, 6.07) is 15.2. The lowest BCUT2D eigenvalue weighted by Gasteiger charge is -2.17. The molecule has 1 N–H and O–H groups in total. The van der Waals surface area contributed by atoms with Gasteiger partial charge >= 0.3 is 5.97 Å². The Hall–Kier alpha value is -2.71. The van der Waals surface area contributed by atoms with Gasteiger partial charge in [-0.15, -0.1) is 0 Å². The minimum Gasteiger partial charge on any atom is -0.466 e. The standard InChI is InChI=1S/C20H24N2O5S/c1-3-27-20(24)14-13-19(23)21-17-9-11-18(12-10-17)28(25,26)22(2)15-16-7-5-4-6-8-16/h4-12H,3,13-15H2,1-2H3,(H,21,23). The van der Waals surface area contributed by atoms with E-state index in [1.54, 1.807) is 6.92 Å². The maximum Gasteiger partial charge on any atom is 0.306 e. The Morgan fingerprint density at radius 3 is 2.25 bits per heavy atom. The zero-order valence-corrected chi connectivity index (χ0v) is 16.7. The van der Waals surface area contributed by atoms with Crippen molar-refractivity contribution in [3.8, 4) is 0 Å². The second kappa shape index (κ2) is 10.0. The maximum absolute atomic E-state index is 12.7.